The fourth-order valence-corrected chi connectivity index (χ4v) is 0.523. The second kappa shape index (κ2) is 4.95. The minimum atomic E-state index is 0.642. The van der Waals surface area contributed by atoms with Crippen LogP contribution in [0.1, 0.15) is 27.7 Å². The maximum absolute atomic E-state index is 3.69. The summed E-state index contributed by atoms with van der Waals surface area (Å²) < 4.78 is 0. The predicted molar refractivity (Wildman–Crippen MR) is 52.5 cm³/mol. The van der Waals surface area contributed by atoms with E-state index in [0.29, 0.717) is 5.92 Å². The van der Waals surface area contributed by atoms with Gasteiger partial charge in [-0.2, -0.15) is 0 Å². The lowest BCUT2D eigenvalue weighted by Gasteiger charge is -2.02. The summed E-state index contributed by atoms with van der Waals surface area (Å²) in [5.41, 5.74) is 2.62. The van der Waals surface area contributed by atoms with E-state index in [9.17, 15) is 0 Å². The lowest BCUT2D eigenvalue weighted by Crippen LogP contribution is -1.86. The second-order valence-corrected chi connectivity index (χ2v) is 3.18. The summed E-state index contributed by atoms with van der Waals surface area (Å²) >= 11 is 0. The van der Waals surface area contributed by atoms with Gasteiger partial charge in [-0.15, -0.1) is 0 Å². The van der Waals surface area contributed by atoms with Gasteiger partial charge in [0, 0.05) is 0 Å². The Labute approximate surface area is 70.3 Å². The van der Waals surface area contributed by atoms with E-state index in [1.54, 1.807) is 0 Å². The van der Waals surface area contributed by atoms with Crippen LogP contribution in [-0.4, -0.2) is 0 Å². The van der Waals surface area contributed by atoms with Crippen molar-refractivity contribution < 1.29 is 0 Å². The Morgan fingerprint density at radius 3 is 2.09 bits per heavy atom. The van der Waals surface area contributed by atoms with E-state index >= 15 is 0 Å². The minimum absolute atomic E-state index is 0.642. The number of rotatable bonds is 3. The smallest absolute Gasteiger partial charge is 0.0260 e. The van der Waals surface area contributed by atoms with Gasteiger partial charge >= 0.3 is 0 Å². The van der Waals surface area contributed by atoms with Crippen molar-refractivity contribution in [3.05, 3.63) is 36.0 Å². The van der Waals surface area contributed by atoms with Crippen LogP contribution in [0.25, 0.3) is 0 Å². The van der Waals surface area contributed by atoms with E-state index < -0.39 is 0 Å². The van der Waals surface area contributed by atoms with Crippen LogP contribution in [-0.2, 0) is 0 Å². The van der Waals surface area contributed by atoms with Gasteiger partial charge in [0.2, 0.25) is 0 Å². The lowest BCUT2D eigenvalue weighted by atomic mass is 10.0. The summed E-state index contributed by atoms with van der Waals surface area (Å²) in [6, 6.07) is 0. The van der Waals surface area contributed by atoms with Crippen LogP contribution in [0, 0.1) is 5.92 Å². The zero-order chi connectivity index (χ0) is 8.85. The number of hydrogen-bond acceptors (Lipinski definition) is 0. The third kappa shape index (κ3) is 4.60. The minimum Gasteiger partial charge on any atom is -0.0988 e. The zero-order valence-corrected chi connectivity index (χ0v) is 8.02. The van der Waals surface area contributed by atoms with Gasteiger partial charge in [0.1, 0.15) is 0 Å². The molecule has 0 N–H and O–H groups in total. The summed E-state index contributed by atoms with van der Waals surface area (Å²) in [6.45, 7) is 12.3. The van der Waals surface area contributed by atoms with Crippen LogP contribution in [0.2, 0.25) is 0 Å². The zero-order valence-electron chi connectivity index (χ0n) is 8.02. The molecular formula is C11H18. The molecular weight excluding hydrogens is 132 g/mol. The van der Waals surface area contributed by atoms with Gasteiger partial charge in [-0.1, -0.05) is 49.8 Å². The Hall–Kier alpha value is -0.780. The van der Waals surface area contributed by atoms with Crippen LogP contribution in [0.5, 0.6) is 0 Å². The van der Waals surface area contributed by atoms with E-state index in [1.807, 2.05) is 6.08 Å². The van der Waals surface area contributed by atoms with Crippen LogP contribution in [0.15, 0.2) is 36.0 Å². The molecule has 0 bridgehead atoms. The van der Waals surface area contributed by atoms with Crippen molar-refractivity contribution in [2.45, 2.75) is 27.7 Å². The number of allylic oxidation sites excluding steroid dienone is 5. The van der Waals surface area contributed by atoms with Crippen molar-refractivity contribution in [2.75, 3.05) is 0 Å². The fraction of sp³-hybridized carbons (Fsp3) is 0.455. The Bertz CT molecular complexity index is 180. The van der Waals surface area contributed by atoms with Gasteiger partial charge in [0.25, 0.3) is 0 Å². The lowest BCUT2D eigenvalue weighted by molar-refractivity contribution is 0.769. The maximum atomic E-state index is 3.69. The summed E-state index contributed by atoms with van der Waals surface area (Å²) in [5, 5.41) is 0. The van der Waals surface area contributed by atoms with Crippen LogP contribution >= 0.6 is 0 Å². The predicted octanol–water partition coefficient (Wildman–Crippen LogP) is 3.72. The van der Waals surface area contributed by atoms with Gasteiger partial charge in [-0.3, -0.25) is 0 Å². The molecule has 0 aliphatic rings. The van der Waals surface area contributed by atoms with E-state index in [2.05, 4.69) is 46.4 Å². The van der Waals surface area contributed by atoms with Crippen molar-refractivity contribution in [1.29, 1.82) is 0 Å². The largest absolute Gasteiger partial charge is 0.0988 e. The highest BCUT2D eigenvalue weighted by atomic mass is 14.0. The molecule has 0 unspecified atom stereocenters. The molecule has 0 radical (unpaired) electrons. The molecule has 0 heterocycles. The molecule has 11 heavy (non-hydrogen) atoms. The molecule has 0 heteroatoms. The molecule has 0 spiro atoms. The van der Waals surface area contributed by atoms with Crippen molar-refractivity contribution in [2.24, 2.45) is 5.92 Å². The molecule has 0 aromatic carbocycles. The third-order valence-corrected chi connectivity index (χ3v) is 1.84. The van der Waals surface area contributed by atoms with Gasteiger partial charge in [-0.25, -0.2) is 0 Å². The quantitative estimate of drug-likeness (QED) is 0.538. The molecule has 0 atom stereocenters. The second-order valence-electron chi connectivity index (χ2n) is 3.18. The van der Waals surface area contributed by atoms with Crippen LogP contribution in [0.4, 0.5) is 0 Å². The third-order valence-electron chi connectivity index (χ3n) is 1.84. The summed E-state index contributed by atoms with van der Waals surface area (Å²) in [6.07, 6.45) is 6.12. The van der Waals surface area contributed by atoms with Gasteiger partial charge in [0.05, 0.1) is 0 Å². The summed E-state index contributed by atoms with van der Waals surface area (Å²) in [7, 11) is 0. The van der Waals surface area contributed by atoms with Crippen molar-refractivity contribution in [1.82, 2.24) is 0 Å². The molecule has 0 saturated carbocycles. The van der Waals surface area contributed by atoms with Gasteiger partial charge < -0.3 is 0 Å². The van der Waals surface area contributed by atoms with E-state index in [0.717, 1.165) is 0 Å². The highest BCUT2D eigenvalue weighted by Gasteiger charge is 1.92. The van der Waals surface area contributed by atoms with E-state index in [1.165, 1.54) is 11.1 Å². The molecule has 0 aromatic heterocycles. The average molecular weight is 150 g/mol. The standard InChI is InChI=1S/C11H18/c1-6-10(4)7-8-11(5)9(2)3/h6-9H,1H2,2-5H3/b10-7-,11-8-. The Balaban J connectivity index is 4.22. The van der Waals surface area contributed by atoms with Crippen LogP contribution in [0.3, 0.4) is 0 Å². The summed E-state index contributed by atoms with van der Waals surface area (Å²) in [4.78, 5) is 0. The Morgan fingerprint density at radius 2 is 1.73 bits per heavy atom. The van der Waals surface area contributed by atoms with E-state index in [4.69, 9.17) is 0 Å². The van der Waals surface area contributed by atoms with Crippen molar-refractivity contribution in [3.63, 3.8) is 0 Å². The molecule has 0 aromatic rings. The fourth-order valence-electron chi connectivity index (χ4n) is 0.523. The van der Waals surface area contributed by atoms with Gasteiger partial charge in [0.15, 0.2) is 0 Å². The first kappa shape index (κ1) is 10.2. The monoisotopic (exact) mass is 150 g/mol. The normalized spacial score (nSPS) is 13.9. The first-order valence-electron chi connectivity index (χ1n) is 4.05. The highest BCUT2D eigenvalue weighted by molar-refractivity contribution is 5.22. The van der Waals surface area contributed by atoms with Crippen molar-refractivity contribution in [3.8, 4) is 0 Å². The summed E-state index contributed by atoms with van der Waals surface area (Å²) in [5.74, 6) is 0.642. The van der Waals surface area contributed by atoms with Crippen LogP contribution < -0.4 is 0 Å². The molecule has 0 saturated heterocycles. The molecule has 0 nitrogen and oxygen atoms in total. The molecule has 0 amide bonds. The highest BCUT2D eigenvalue weighted by Crippen LogP contribution is 2.08. The topological polar surface area (TPSA) is 0 Å². The number of hydrogen-bond donors (Lipinski definition) is 0. The molecule has 0 aliphatic carbocycles. The Kier molecular flexibility index (Phi) is 4.60. The average Bonchev–Trinajstić information content (AvgIpc) is 1.99. The molecule has 0 aliphatic heterocycles. The first-order valence-corrected chi connectivity index (χ1v) is 4.05. The first-order chi connectivity index (χ1) is 5.07. The molecule has 0 rings (SSSR count). The molecule has 0 fully saturated rings. The van der Waals surface area contributed by atoms with E-state index in [-0.39, 0.29) is 0 Å². The SMILES string of the molecule is C=C/C(C)=C\C=C(\C)C(C)C. The van der Waals surface area contributed by atoms with Gasteiger partial charge in [-0.05, 0) is 19.8 Å². The maximum Gasteiger partial charge on any atom is -0.0260 e. The Morgan fingerprint density at radius 1 is 1.18 bits per heavy atom. The van der Waals surface area contributed by atoms with Crippen molar-refractivity contribution >= 4 is 0 Å². The molecule has 62 valence electrons.